The van der Waals surface area contributed by atoms with Crippen molar-refractivity contribution >= 4 is 58.5 Å². The molecule has 2 fully saturated rings. The number of aliphatic carboxylic acids is 1. The number of hydrogen-bond acceptors (Lipinski definition) is 9. The van der Waals surface area contributed by atoms with Crippen LogP contribution in [0.1, 0.15) is 29.1 Å². The minimum atomic E-state index is -0.986. The number of urea groups is 1. The average Bonchev–Trinajstić information content (AvgIpc) is 3.69. The van der Waals surface area contributed by atoms with Crippen molar-refractivity contribution in [3.63, 3.8) is 0 Å². The van der Waals surface area contributed by atoms with E-state index in [9.17, 15) is 18.8 Å². The van der Waals surface area contributed by atoms with E-state index >= 15 is 0 Å². The molecule has 3 aromatic rings. The van der Waals surface area contributed by atoms with Crippen LogP contribution in [0, 0.1) is 5.82 Å². The number of halogens is 2. The highest BCUT2D eigenvalue weighted by atomic mass is 35.5. The summed E-state index contributed by atoms with van der Waals surface area (Å²) in [5.41, 5.74) is 2.96. The van der Waals surface area contributed by atoms with Gasteiger partial charge in [-0.1, -0.05) is 29.8 Å². The van der Waals surface area contributed by atoms with Gasteiger partial charge in [0.15, 0.2) is 10.8 Å². The van der Waals surface area contributed by atoms with Gasteiger partial charge in [-0.05, 0) is 42.8 Å². The van der Waals surface area contributed by atoms with E-state index in [4.69, 9.17) is 26.4 Å². The van der Waals surface area contributed by atoms with Gasteiger partial charge in [0.2, 0.25) is 0 Å². The van der Waals surface area contributed by atoms with E-state index in [1.54, 1.807) is 29.3 Å². The number of piperazine rings is 1. The van der Waals surface area contributed by atoms with E-state index in [0.29, 0.717) is 54.8 Å². The molecule has 2 atom stereocenters. The Balaban J connectivity index is 1.25. The smallest absolute Gasteiger partial charge is 0.338 e. The Morgan fingerprint density at radius 1 is 1.20 bits per heavy atom. The number of carboxylic acid groups (broad SMARTS) is 1. The fraction of sp³-hybridized carbons (Fsp3) is 0.281. The van der Waals surface area contributed by atoms with Crippen LogP contribution in [0.2, 0.25) is 5.02 Å². The SMILES string of the molecule is COC(=O)C1=C(CN2CCN3C(=O)N(c4ccc(/C=C(\C)C(=O)O)cc4)C[C@@H]3C2)NC(c2nccs2)=N[C@H]1c1ccc(F)cc1Cl. The van der Waals surface area contributed by atoms with Crippen molar-refractivity contribution in [3.05, 3.63) is 97.9 Å². The van der Waals surface area contributed by atoms with Crippen LogP contribution in [-0.2, 0) is 14.3 Å². The Hall–Kier alpha value is -4.59. The fourth-order valence-corrected chi connectivity index (χ4v) is 6.74. The van der Waals surface area contributed by atoms with E-state index in [0.717, 1.165) is 11.3 Å². The lowest BCUT2D eigenvalue weighted by atomic mass is 9.95. The Morgan fingerprint density at radius 3 is 2.65 bits per heavy atom. The molecule has 4 heterocycles. The molecule has 0 radical (unpaired) electrons. The van der Waals surface area contributed by atoms with Crippen molar-refractivity contribution in [2.45, 2.75) is 19.0 Å². The number of aromatic nitrogens is 1. The highest BCUT2D eigenvalue weighted by Gasteiger charge is 2.42. The molecular weight excluding hydrogens is 635 g/mol. The molecule has 0 saturated carbocycles. The molecule has 3 aliphatic heterocycles. The van der Waals surface area contributed by atoms with Crippen LogP contribution in [0.3, 0.4) is 0 Å². The molecule has 2 saturated heterocycles. The second-order valence-electron chi connectivity index (χ2n) is 11.1. The molecule has 2 N–H and O–H groups in total. The summed E-state index contributed by atoms with van der Waals surface area (Å²) in [6, 6.07) is 10.1. The van der Waals surface area contributed by atoms with Crippen LogP contribution in [-0.4, -0.2) is 89.6 Å². The number of thiazole rings is 1. The van der Waals surface area contributed by atoms with Gasteiger partial charge in [0.25, 0.3) is 0 Å². The maximum absolute atomic E-state index is 14.0. The number of anilines is 1. The number of methoxy groups -OCH3 is 1. The molecule has 14 heteroatoms. The first-order chi connectivity index (χ1) is 22.1. The second-order valence-corrected chi connectivity index (χ2v) is 12.4. The minimum Gasteiger partial charge on any atom is -0.478 e. The molecule has 1 aromatic heterocycles. The third-order valence-electron chi connectivity index (χ3n) is 8.17. The van der Waals surface area contributed by atoms with Gasteiger partial charge >= 0.3 is 18.0 Å². The van der Waals surface area contributed by atoms with Gasteiger partial charge in [0, 0.05) is 71.8 Å². The topological polar surface area (TPSA) is 128 Å². The summed E-state index contributed by atoms with van der Waals surface area (Å²) in [6.07, 6.45) is 3.24. The summed E-state index contributed by atoms with van der Waals surface area (Å²) < 4.78 is 19.2. The number of amidine groups is 1. The molecule has 0 unspecified atom stereocenters. The number of aliphatic imine (C=N–C) groups is 1. The standard InChI is InChI=1S/C32H30ClFN6O5S/c1-18(30(41)42)13-19-3-6-21(7-4-19)40-16-22-15-38(10-11-39(22)32(40)44)17-25-26(31(43)45-2)27(23-8-5-20(34)14-24(23)33)37-28(36-25)29-35-9-12-46-29/h3-9,12-14,22,27H,10-11,15-17H2,1-2H3,(H,36,37)(H,41,42)/b18-13+/t22-,27-/m0/s1. The first-order valence-electron chi connectivity index (χ1n) is 14.5. The number of nitrogens with one attached hydrogen (secondary N) is 1. The Labute approximate surface area is 273 Å². The van der Waals surface area contributed by atoms with Crippen LogP contribution in [0.5, 0.6) is 0 Å². The van der Waals surface area contributed by atoms with Gasteiger partial charge in [0.05, 0.1) is 18.7 Å². The van der Waals surface area contributed by atoms with Crippen molar-refractivity contribution in [1.82, 2.24) is 20.1 Å². The normalized spacial score (nSPS) is 20.4. The maximum atomic E-state index is 14.0. The zero-order valence-corrected chi connectivity index (χ0v) is 26.5. The Morgan fingerprint density at radius 2 is 1.98 bits per heavy atom. The van der Waals surface area contributed by atoms with Crippen molar-refractivity contribution in [2.75, 3.05) is 44.7 Å². The number of esters is 1. The summed E-state index contributed by atoms with van der Waals surface area (Å²) in [5, 5.41) is 15.0. The highest BCUT2D eigenvalue weighted by Crippen LogP contribution is 2.37. The minimum absolute atomic E-state index is 0.0934. The lowest BCUT2D eigenvalue weighted by molar-refractivity contribution is -0.136. The van der Waals surface area contributed by atoms with Gasteiger partial charge in [-0.3, -0.25) is 14.8 Å². The molecule has 46 heavy (non-hydrogen) atoms. The number of carbonyl (C=O) groups excluding carboxylic acids is 2. The molecule has 0 aliphatic carbocycles. The van der Waals surface area contributed by atoms with E-state index in [1.165, 1.54) is 43.6 Å². The lowest BCUT2D eigenvalue weighted by Gasteiger charge is -2.38. The van der Waals surface area contributed by atoms with E-state index in [1.807, 2.05) is 22.4 Å². The molecule has 2 aromatic carbocycles. The molecule has 11 nitrogen and oxygen atoms in total. The quantitative estimate of drug-likeness (QED) is 0.265. The largest absolute Gasteiger partial charge is 0.478 e. The Kier molecular flexibility index (Phi) is 8.89. The van der Waals surface area contributed by atoms with E-state index in [-0.39, 0.29) is 28.2 Å². The molecule has 6 rings (SSSR count). The zero-order valence-electron chi connectivity index (χ0n) is 24.9. The first-order valence-corrected chi connectivity index (χ1v) is 15.7. The lowest BCUT2D eigenvalue weighted by Crippen LogP contribution is -2.53. The molecule has 3 aliphatic rings. The van der Waals surface area contributed by atoms with Gasteiger partial charge in [0.1, 0.15) is 11.9 Å². The third kappa shape index (κ3) is 6.26. The summed E-state index contributed by atoms with van der Waals surface area (Å²) in [5.74, 6) is -1.62. The summed E-state index contributed by atoms with van der Waals surface area (Å²) in [6.45, 7) is 3.91. The van der Waals surface area contributed by atoms with Crippen LogP contribution < -0.4 is 10.2 Å². The molecule has 2 amide bonds. The number of carbonyl (C=O) groups is 3. The summed E-state index contributed by atoms with van der Waals surface area (Å²) in [4.78, 5) is 52.8. The van der Waals surface area contributed by atoms with Crippen molar-refractivity contribution in [1.29, 1.82) is 0 Å². The zero-order chi connectivity index (χ0) is 32.5. The van der Waals surface area contributed by atoms with Crippen LogP contribution in [0.4, 0.5) is 14.9 Å². The van der Waals surface area contributed by atoms with Crippen molar-refractivity contribution in [2.24, 2.45) is 4.99 Å². The second kappa shape index (κ2) is 13.0. The fourth-order valence-electron chi connectivity index (χ4n) is 5.89. The Bertz CT molecular complexity index is 1780. The van der Waals surface area contributed by atoms with Crippen molar-refractivity contribution in [3.8, 4) is 0 Å². The highest BCUT2D eigenvalue weighted by molar-refractivity contribution is 7.11. The number of fused-ring (bicyclic) bond motifs is 1. The van der Waals surface area contributed by atoms with Crippen LogP contribution in [0.15, 0.2) is 75.9 Å². The predicted molar refractivity (Wildman–Crippen MR) is 172 cm³/mol. The van der Waals surface area contributed by atoms with Crippen molar-refractivity contribution < 1.29 is 28.6 Å². The monoisotopic (exact) mass is 664 g/mol. The number of carboxylic acids is 1. The number of amides is 2. The van der Waals surface area contributed by atoms with Gasteiger partial charge in [-0.2, -0.15) is 0 Å². The summed E-state index contributed by atoms with van der Waals surface area (Å²) >= 11 is 7.86. The number of nitrogens with zero attached hydrogens (tertiary/aromatic N) is 5. The maximum Gasteiger partial charge on any atom is 0.338 e. The number of rotatable bonds is 8. The predicted octanol–water partition coefficient (Wildman–Crippen LogP) is 4.57. The molecular formula is C32H30ClFN6O5S. The van der Waals surface area contributed by atoms with Gasteiger partial charge < -0.3 is 20.1 Å². The van der Waals surface area contributed by atoms with Crippen LogP contribution in [0.25, 0.3) is 6.08 Å². The molecule has 0 spiro atoms. The van der Waals surface area contributed by atoms with Gasteiger partial charge in [-0.15, -0.1) is 11.3 Å². The van der Waals surface area contributed by atoms with Gasteiger partial charge in [-0.25, -0.2) is 23.8 Å². The summed E-state index contributed by atoms with van der Waals surface area (Å²) in [7, 11) is 1.30. The number of benzene rings is 2. The number of hydrogen-bond donors (Lipinski definition) is 2. The number of ether oxygens (including phenoxy) is 1. The van der Waals surface area contributed by atoms with E-state index in [2.05, 4.69) is 15.2 Å². The molecule has 0 bridgehead atoms. The van der Waals surface area contributed by atoms with Crippen LogP contribution >= 0.6 is 22.9 Å². The van der Waals surface area contributed by atoms with E-state index < -0.39 is 23.8 Å². The third-order valence-corrected chi connectivity index (χ3v) is 9.27. The average molecular weight is 665 g/mol. The first kappa shape index (κ1) is 31.4. The molecule has 238 valence electrons.